The van der Waals surface area contributed by atoms with Crippen LogP contribution in [0.15, 0.2) is 43.0 Å². The van der Waals surface area contributed by atoms with Crippen molar-refractivity contribution in [2.24, 2.45) is 5.92 Å². The van der Waals surface area contributed by atoms with Gasteiger partial charge in [-0.1, -0.05) is 17.3 Å². The number of aromatic nitrogens is 5. The first-order valence-corrected chi connectivity index (χ1v) is 8.79. The van der Waals surface area contributed by atoms with Crippen LogP contribution >= 0.6 is 24.8 Å². The number of imidazole rings is 1. The number of benzene rings is 1. The summed E-state index contributed by atoms with van der Waals surface area (Å²) in [5.41, 5.74) is 2.87. The van der Waals surface area contributed by atoms with Crippen molar-refractivity contribution in [2.45, 2.75) is 19.4 Å². The number of amides is 1. The minimum absolute atomic E-state index is 0. The molecule has 10 heteroatoms. The van der Waals surface area contributed by atoms with Crippen LogP contribution in [0.3, 0.4) is 0 Å². The Labute approximate surface area is 175 Å². The van der Waals surface area contributed by atoms with Crippen LogP contribution in [-0.4, -0.2) is 44.0 Å². The van der Waals surface area contributed by atoms with E-state index in [2.05, 4.69) is 30.9 Å². The molecule has 0 radical (unpaired) electrons. The quantitative estimate of drug-likeness (QED) is 0.585. The van der Waals surface area contributed by atoms with Crippen molar-refractivity contribution in [3.05, 3.63) is 48.7 Å². The molecule has 1 aliphatic heterocycles. The first kappa shape index (κ1) is 21.9. The third-order valence-corrected chi connectivity index (χ3v) is 4.55. The molecule has 8 nitrogen and oxygen atoms in total. The SMILES string of the molecule is Cl.Cl.O=C(Nc1cccc(-c2cnc[nH]2)c1)c1cn(CC2CCCNC2)nn1. The number of carbonyl (C=O) groups excluding carboxylic acids is 1. The van der Waals surface area contributed by atoms with Gasteiger partial charge >= 0.3 is 0 Å². The Bertz CT molecular complexity index is 876. The van der Waals surface area contributed by atoms with Gasteiger partial charge in [-0.25, -0.2) is 4.98 Å². The summed E-state index contributed by atoms with van der Waals surface area (Å²) in [6.45, 7) is 2.85. The second-order valence-corrected chi connectivity index (χ2v) is 6.54. The van der Waals surface area contributed by atoms with Gasteiger partial charge in [0, 0.05) is 17.8 Å². The molecule has 1 aliphatic rings. The predicted molar refractivity (Wildman–Crippen MR) is 112 cm³/mol. The minimum Gasteiger partial charge on any atom is -0.345 e. The van der Waals surface area contributed by atoms with Crippen molar-refractivity contribution in [3.63, 3.8) is 0 Å². The summed E-state index contributed by atoms with van der Waals surface area (Å²) in [5, 5.41) is 14.4. The number of halogens is 2. The zero-order valence-corrected chi connectivity index (χ0v) is 16.8. The van der Waals surface area contributed by atoms with E-state index in [9.17, 15) is 4.79 Å². The number of hydrogen-bond donors (Lipinski definition) is 3. The Morgan fingerprint density at radius 3 is 2.96 bits per heavy atom. The molecule has 3 aromatic rings. The second kappa shape index (κ2) is 10.2. The Morgan fingerprint density at radius 1 is 1.32 bits per heavy atom. The highest BCUT2D eigenvalue weighted by atomic mass is 35.5. The van der Waals surface area contributed by atoms with Crippen LogP contribution in [-0.2, 0) is 6.54 Å². The molecule has 0 aliphatic carbocycles. The number of rotatable bonds is 5. The van der Waals surface area contributed by atoms with Crippen molar-refractivity contribution in [1.82, 2.24) is 30.3 Å². The number of piperidine rings is 1. The fourth-order valence-electron chi connectivity index (χ4n) is 3.21. The maximum atomic E-state index is 12.5. The number of H-pyrrole nitrogens is 1. The molecular formula is C18H23Cl2N7O. The fourth-order valence-corrected chi connectivity index (χ4v) is 3.21. The summed E-state index contributed by atoms with van der Waals surface area (Å²) in [6, 6.07) is 7.58. The van der Waals surface area contributed by atoms with Crippen molar-refractivity contribution >= 4 is 36.4 Å². The average molecular weight is 424 g/mol. The molecule has 150 valence electrons. The largest absolute Gasteiger partial charge is 0.345 e. The van der Waals surface area contributed by atoms with Crippen LogP contribution < -0.4 is 10.6 Å². The second-order valence-electron chi connectivity index (χ2n) is 6.54. The van der Waals surface area contributed by atoms with Gasteiger partial charge in [-0.2, -0.15) is 0 Å². The lowest BCUT2D eigenvalue weighted by atomic mass is 10.00. The predicted octanol–water partition coefficient (Wildman–Crippen LogP) is 2.76. The van der Waals surface area contributed by atoms with Crippen molar-refractivity contribution in [1.29, 1.82) is 0 Å². The van der Waals surface area contributed by atoms with E-state index >= 15 is 0 Å². The lowest BCUT2D eigenvalue weighted by Gasteiger charge is -2.22. The molecule has 0 saturated carbocycles. The molecule has 1 aromatic carbocycles. The van der Waals surface area contributed by atoms with Gasteiger partial charge in [0.05, 0.1) is 24.4 Å². The number of anilines is 1. The lowest BCUT2D eigenvalue weighted by molar-refractivity contribution is 0.102. The zero-order valence-electron chi connectivity index (χ0n) is 15.2. The number of carbonyl (C=O) groups is 1. The Hall–Kier alpha value is -2.42. The van der Waals surface area contributed by atoms with E-state index in [1.807, 2.05) is 24.3 Å². The van der Waals surface area contributed by atoms with E-state index in [0.29, 0.717) is 17.3 Å². The minimum atomic E-state index is -0.264. The summed E-state index contributed by atoms with van der Waals surface area (Å²) < 4.78 is 1.76. The number of hydrogen-bond acceptors (Lipinski definition) is 5. The molecule has 4 rings (SSSR count). The molecule has 1 atom stereocenters. The fraction of sp³-hybridized carbons (Fsp3) is 0.333. The maximum Gasteiger partial charge on any atom is 0.277 e. The number of nitrogens with zero attached hydrogens (tertiary/aromatic N) is 4. The van der Waals surface area contributed by atoms with Crippen LogP contribution in [0, 0.1) is 5.92 Å². The monoisotopic (exact) mass is 423 g/mol. The van der Waals surface area contributed by atoms with E-state index < -0.39 is 0 Å². The summed E-state index contributed by atoms with van der Waals surface area (Å²) in [7, 11) is 0. The van der Waals surface area contributed by atoms with Crippen LogP contribution in [0.2, 0.25) is 0 Å². The van der Waals surface area contributed by atoms with E-state index in [1.54, 1.807) is 23.4 Å². The molecule has 2 aromatic heterocycles. The molecule has 0 spiro atoms. The standard InChI is InChI=1S/C18H21N7O.2ClH/c26-18(17-11-25(24-23-17)10-13-3-2-6-19-8-13)22-15-5-1-4-14(7-15)16-9-20-12-21-16;;/h1,4-5,7,9,11-13,19H,2-3,6,8,10H2,(H,20,21)(H,22,26);2*1H. The summed E-state index contributed by atoms with van der Waals surface area (Å²) in [6.07, 6.45) is 7.43. The first-order valence-electron chi connectivity index (χ1n) is 8.79. The van der Waals surface area contributed by atoms with Crippen LogP contribution in [0.5, 0.6) is 0 Å². The lowest BCUT2D eigenvalue weighted by Crippen LogP contribution is -2.32. The zero-order chi connectivity index (χ0) is 17.8. The van der Waals surface area contributed by atoms with Gasteiger partial charge in [-0.15, -0.1) is 29.9 Å². The number of aromatic amines is 1. The third kappa shape index (κ3) is 5.31. The molecule has 3 N–H and O–H groups in total. The first-order chi connectivity index (χ1) is 12.8. The molecule has 1 fully saturated rings. The molecule has 1 saturated heterocycles. The van der Waals surface area contributed by atoms with Crippen molar-refractivity contribution in [2.75, 3.05) is 18.4 Å². The normalized spacial score (nSPS) is 15.9. The third-order valence-electron chi connectivity index (χ3n) is 4.55. The van der Waals surface area contributed by atoms with Gasteiger partial charge in [0.15, 0.2) is 5.69 Å². The van der Waals surface area contributed by atoms with Gasteiger partial charge in [0.1, 0.15) is 0 Å². The Morgan fingerprint density at radius 2 is 2.21 bits per heavy atom. The van der Waals surface area contributed by atoms with E-state index in [0.717, 1.165) is 30.9 Å². The van der Waals surface area contributed by atoms with Crippen LogP contribution in [0.1, 0.15) is 23.3 Å². The van der Waals surface area contributed by atoms with Crippen molar-refractivity contribution in [3.8, 4) is 11.3 Å². The van der Waals surface area contributed by atoms with Gasteiger partial charge in [0.25, 0.3) is 5.91 Å². The summed E-state index contributed by atoms with van der Waals surface area (Å²) >= 11 is 0. The molecular weight excluding hydrogens is 401 g/mol. The molecule has 1 unspecified atom stereocenters. The van der Waals surface area contributed by atoms with Gasteiger partial charge < -0.3 is 15.6 Å². The summed E-state index contributed by atoms with van der Waals surface area (Å²) in [5.74, 6) is 0.271. The maximum absolute atomic E-state index is 12.5. The molecule has 0 bridgehead atoms. The topological polar surface area (TPSA) is 101 Å². The average Bonchev–Trinajstić information content (AvgIpc) is 3.35. The van der Waals surface area contributed by atoms with Gasteiger partial charge in [-0.3, -0.25) is 9.48 Å². The highest BCUT2D eigenvalue weighted by molar-refractivity contribution is 6.02. The smallest absolute Gasteiger partial charge is 0.277 e. The van der Waals surface area contributed by atoms with E-state index in [4.69, 9.17) is 0 Å². The summed E-state index contributed by atoms with van der Waals surface area (Å²) in [4.78, 5) is 19.5. The molecule has 28 heavy (non-hydrogen) atoms. The Kier molecular flexibility index (Phi) is 7.98. The van der Waals surface area contributed by atoms with Crippen LogP contribution in [0.4, 0.5) is 5.69 Å². The van der Waals surface area contributed by atoms with Crippen molar-refractivity contribution < 1.29 is 4.79 Å². The van der Waals surface area contributed by atoms with Crippen LogP contribution in [0.25, 0.3) is 11.3 Å². The molecule has 1 amide bonds. The molecule has 3 heterocycles. The number of nitrogens with one attached hydrogen (secondary N) is 3. The Balaban J connectivity index is 0.00000140. The van der Waals surface area contributed by atoms with Gasteiger partial charge in [0.2, 0.25) is 0 Å². The van der Waals surface area contributed by atoms with E-state index in [1.165, 1.54) is 12.8 Å². The highest BCUT2D eigenvalue weighted by Crippen LogP contribution is 2.20. The highest BCUT2D eigenvalue weighted by Gasteiger charge is 2.16. The van der Waals surface area contributed by atoms with E-state index in [-0.39, 0.29) is 30.7 Å². The van der Waals surface area contributed by atoms with Gasteiger partial charge in [-0.05, 0) is 44.0 Å².